The van der Waals surface area contributed by atoms with Crippen LogP contribution in [0.3, 0.4) is 0 Å². The maximum Gasteiger partial charge on any atom is 0.269 e. The van der Waals surface area contributed by atoms with Gasteiger partial charge in [0.15, 0.2) is 11.5 Å². The third kappa shape index (κ3) is 3.74. The summed E-state index contributed by atoms with van der Waals surface area (Å²) in [5.41, 5.74) is 7.79. The third-order valence-corrected chi connectivity index (χ3v) is 8.15. The highest BCUT2D eigenvalue weighted by molar-refractivity contribution is 5.49. The number of nitrogens with one attached hydrogen (secondary N) is 1. The van der Waals surface area contributed by atoms with Crippen LogP contribution in [0.15, 0.2) is 48.2 Å². The number of methoxy groups -OCH3 is 1. The number of nitro benzene ring substituents is 1. The van der Waals surface area contributed by atoms with E-state index in [2.05, 4.69) is 18.5 Å². The van der Waals surface area contributed by atoms with E-state index in [4.69, 9.17) is 9.57 Å². The number of phenols is 1. The number of hydroxylamine groups is 1. The fraction of sp³-hybridized carbons (Fsp3) is 0.462. The molecule has 0 bridgehead atoms. The topological polar surface area (TPSA) is 93.9 Å². The molecular weight excluding hydrogens is 420 g/mol. The number of non-ortho nitro benzene ring substituents is 1. The summed E-state index contributed by atoms with van der Waals surface area (Å²) >= 11 is 0. The summed E-state index contributed by atoms with van der Waals surface area (Å²) in [5.74, 6) is 2.39. The number of aromatic hydroxyl groups is 1. The van der Waals surface area contributed by atoms with Gasteiger partial charge in [0.05, 0.1) is 18.6 Å². The number of nitro groups is 1. The number of hydrogen-bond donors (Lipinski definition) is 2. The van der Waals surface area contributed by atoms with E-state index in [9.17, 15) is 15.2 Å². The largest absolute Gasteiger partial charge is 0.504 e. The summed E-state index contributed by atoms with van der Waals surface area (Å²) in [6.07, 6.45) is 7.53. The van der Waals surface area contributed by atoms with E-state index in [-0.39, 0.29) is 28.4 Å². The predicted molar refractivity (Wildman–Crippen MR) is 124 cm³/mol. The summed E-state index contributed by atoms with van der Waals surface area (Å²) in [4.78, 5) is 16.4. The fourth-order valence-electron chi connectivity index (χ4n) is 6.43. The average Bonchev–Trinajstić information content (AvgIpc) is 3.15. The van der Waals surface area contributed by atoms with E-state index in [1.165, 1.54) is 17.2 Å². The van der Waals surface area contributed by atoms with Crippen LogP contribution in [-0.4, -0.2) is 17.1 Å². The number of aryl methyl sites for hydroxylation is 1. The molecule has 0 heterocycles. The second-order valence-corrected chi connectivity index (χ2v) is 9.77. The molecule has 0 radical (unpaired) electrons. The summed E-state index contributed by atoms with van der Waals surface area (Å²) < 4.78 is 5.39. The first-order valence-corrected chi connectivity index (χ1v) is 11.6. The number of nitrogens with zero attached hydrogens (tertiary/aromatic N) is 1. The second-order valence-electron chi connectivity index (χ2n) is 9.77. The van der Waals surface area contributed by atoms with Crippen LogP contribution in [0.1, 0.15) is 55.2 Å². The first-order chi connectivity index (χ1) is 15.9. The highest BCUT2D eigenvalue weighted by Gasteiger charge is 2.52. The molecule has 0 aliphatic heterocycles. The molecule has 0 spiro atoms. The van der Waals surface area contributed by atoms with Crippen LogP contribution < -0.4 is 10.2 Å². The van der Waals surface area contributed by atoms with Crippen molar-refractivity contribution in [2.24, 2.45) is 17.3 Å². The van der Waals surface area contributed by atoms with E-state index in [0.29, 0.717) is 23.5 Å². The van der Waals surface area contributed by atoms with Crippen LogP contribution in [0.5, 0.6) is 11.5 Å². The average molecular weight is 451 g/mol. The Bertz CT molecular complexity index is 1110. The quantitative estimate of drug-likeness (QED) is 0.453. The first-order valence-electron chi connectivity index (χ1n) is 11.6. The number of benzene rings is 2. The molecule has 2 aromatic carbocycles. The Morgan fingerprint density at radius 3 is 2.91 bits per heavy atom. The van der Waals surface area contributed by atoms with E-state index >= 15 is 0 Å². The lowest BCUT2D eigenvalue weighted by Gasteiger charge is -2.50. The zero-order chi connectivity index (χ0) is 23.2. The van der Waals surface area contributed by atoms with Gasteiger partial charge >= 0.3 is 0 Å². The second kappa shape index (κ2) is 8.37. The highest BCUT2D eigenvalue weighted by atomic mass is 16.6. The molecule has 1 saturated carbocycles. The predicted octanol–water partition coefficient (Wildman–Crippen LogP) is 5.38. The van der Waals surface area contributed by atoms with E-state index < -0.39 is 0 Å². The monoisotopic (exact) mass is 450 g/mol. The maximum absolute atomic E-state index is 11.0. The highest BCUT2D eigenvalue weighted by Crippen LogP contribution is 2.61. The molecule has 1 fully saturated rings. The van der Waals surface area contributed by atoms with Crippen molar-refractivity contribution in [1.82, 2.24) is 5.48 Å². The lowest BCUT2D eigenvalue weighted by Crippen LogP contribution is -2.43. The molecule has 33 heavy (non-hydrogen) atoms. The molecule has 3 aliphatic carbocycles. The summed E-state index contributed by atoms with van der Waals surface area (Å²) in [7, 11) is 1.60. The molecule has 0 amide bonds. The van der Waals surface area contributed by atoms with Crippen molar-refractivity contribution in [1.29, 1.82) is 0 Å². The molecular formula is C26H30N2O5. The van der Waals surface area contributed by atoms with Gasteiger partial charge in [0.2, 0.25) is 0 Å². The summed E-state index contributed by atoms with van der Waals surface area (Å²) in [6, 6.07) is 10.5. The van der Waals surface area contributed by atoms with Gasteiger partial charge < -0.3 is 9.84 Å². The summed E-state index contributed by atoms with van der Waals surface area (Å²) in [5, 5.41) is 21.2. The minimum absolute atomic E-state index is 0.0301. The zero-order valence-corrected chi connectivity index (χ0v) is 19.0. The van der Waals surface area contributed by atoms with Crippen molar-refractivity contribution in [3.63, 3.8) is 0 Å². The number of phenolic OH excluding ortho intramolecular Hbond substituents is 1. The SMILES string of the molecule is COc1cc2c(cc1O)CC[C@@H]1[C@@H]2CC[C@]2(C)C(NOCc3cccc([N+](=O)[O-])c3)=CC[C@@H]12. The molecule has 4 atom stereocenters. The molecule has 174 valence electrons. The maximum atomic E-state index is 11.0. The zero-order valence-electron chi connectivity index (χ0n) is 19.0. The van der Waals surface area contributed by atoms with Crippen LogP contribution in [0.2, 0.25) is 0 Å². The molecule has 0 unspecified atom stereocenters. The van der Waals surface area contributed by atoms with Crippen LogP contribution in [0.25, 0.3) is 0 Å². The number of ether oxygens (including phenoxy) is 1. The van der Waals surface area contributed by atoms with Crippen LogP contribution >= 0.6 is 0 Å². The van der Waals surface area contributed by atoms with Gasteiger partial charge in [-0.3, -0.25) is 20.4 Å². The molecule has 3 aliphatic rings. The van der Waals surface area contributed by atoms with Gasteiger partial charge in [-0.1, -0.05) is 25.1 Å². The standard InChI is InChI=1S/C26H30N2O5/c1-26-11-10-19-20(7-6-17-13-23(29)24(32-2)14-21(17)19)22(26)8-9-25(26)27-33-15-16-4-3-5-18(12-16)28(30)31/h3-5,9,12-14,19-20,22,27,29H,6-8,10-11,15H2,1-2H3/t19-,20+,22-,26-/m0/s1. The van der Waals surface area contributed by atoms with E-state index in [1.807, 2.05) is 18.2 Å². The van der Waals surface area contributed by atoms with Crippen molar-refractivity contribution >= 4 is 5.69 Å². The van der Waals surface area contributed by atoms with Gasteiger partial charge in [-0.25, -0.2) is 0 Å². The first kappa shape index (κ1) is 21.8. The van der Waals surface area contributed by atoms with Crippen LogP contribution in [0.4, 0.5) is 5.69 Å². The van der Waals surface area contributed by atoms with Crippen LogP contribution in [-0.2, 0) is 17.9 Å². The lowest BCUT2D eigenvalue weighted by molar-refractivity contribution is -0.385. The van der Waals surface area contributed by atoms with Crippen LogP contribution in [0, 0.1) is 27.4 Å². The van der Waals surface area contributed by atoms with E-state index in [1.54, 1.807) is 19.2 Å². The molecule has 2 N–H and O–H groups in total. The van der Waals surface area contributed by atoms with Gasteiger partial charge in [0, 0.05) is 23.2 Å². The normalized spacial score (nSPS) is 27.7. The van der Waals surface area contributed by atoms with Gasteiger partial charge in [-0.15, -0.1) is 0 Å². The van der Waals surface area contributed by atoms with Gasteiger partial charge in [-0.05, 0) is 78.7 Å². The lowest BCUT2D eigenvalue weighted by atomic mass is 9.55. The van der Waals surface area contributed by atoms with Crippen molar-refractivity contribution in [3.05, 3.63) is 75.0 Å². The van der Waals surface area contributed by atoms with Gasteiger partial charge in [0.25, 0.3) is 5.69 Å². The Morgan fingerprint density at radius 1 is 1.27 bits per heavy atom. The van der Waals surface area contributed by atoms with Crippen molar-refractivity contribution in [2.75, 3.05) is 7.11 Å². The summed E-state index contributed by atoms with van der Waals surface area (Å²) in [6.45, 7) is 2.60. The fourth-order valence-corrected chi connectivity index (χ4v) is 6.43. The molecule has 5 rings (SSSR count). The minimum atomic E-state index is -0.389. The van der Waals surface area contributed by atoms with Crippen molar-refractivity contribution < 1.29 is 19.6 Å². The number of rotatable bonds is 6. The van der Waals surface area contributed by atoms with Crippen molar-refractivity contribution in [3.8, 4) is 11.5 Å². The van der Waals surface area contributed by atoms with Crippen molar-refractivity contribution in [2.45, 2.75) is 51.6 Å². The molecule has 7 heteroatoms. The molecule has 0 aromatic heterocycles. The number of fused-ring (bicyclic) bond motifs is 5. The number of hydrogen-bond acceptors (Lipinski definition) is 6. The Labute approximate surface area is 193 Å². The Balaban J connectivity index is 1.28. The van der Waals surface area contributed by atoms with Gasteiger partial charge in [0.1, 0.15) is 0 Å². The Morgan fingerprint density at radius 2 is 2.12 bits per heavy atom. The molecule has 7 nitrogen and oxygen atoms in total. The van der Waals surface area contributed by atoms with E-state index in [0.717, 1.165) is 43.4 Å². The molecule has 2 aromatic rings. The smallest absolute Gasteiger partial charge is 0.269 e. The Hall–Kier alpha value is -3.06. The Kier molecular flexibility index (Phi) is 5.52. The number of allylic oxidation sites excluding steroid dienone is 2. The molecule has 0 saturated heterocycles. The third-order valence-electron chi connectivity index (χ3n) is 8.15. The minimum Gasteiger partial charge on any atom is -0.504 e. The van der Waals surface area contributed by atoms with Gasteiger partial charge in [-0.2, -0.15) is 0 Å².